The lowest BCUT2D eigenvalue weighted by molar-refractivity contribution is 0.316. The molecule has 4 nitrogen and oxygen atoms in total. The van der Waals surface area contributed by atoms with Crippen LogP contribution in [0.5, 0.6) is 11.5 Å². The fraction of sp³-hybridized carbons (Fsp3) is 0.368. The number of fused-ring (bicyclic) bond motifs is 1. The summed E-state index contributed by atoms with van der Waals surface area (Å²) in [5.74, 6) is 0.784. The van der Waals surface area contributed by atoms with Crippen molar-refractivity contribution in [2.75, 3.05) is 19.7 Å². The van der Waals surface area contributed by atoms with Crippen molar-refractivity contribution in [2.45, 2.75) is 25.9 Å². The van der Waals surface area contributed by atoms with Gasteiger partial charge in [0.2, 0.25) is 0 Å². The van der Waals surface area contributed by atoms with Gasteiger partial charge < -0.3 is 20.5 Å². The molecule has 0 fully saturated rings. The highest BCUT2D eigenvalue weighted by atomic mass is 16.5. The number of aromatic hydroxyl groups is 1. The van der Waals surface area contributed by atoms with Gasteiger partial charge >= 0.3 is 0 Å². The second-order valence-electron chi connectivity index (χ2n) is 5.78. The molecule has 0 spiro atoms. The Hall–Kier alpha value is -2.04. The zero-order valence-electron chi connectivity index (χ0n) is 13.5. The molecule has 0 amide bonds. The minimum Gasteiger partial charge on any atom is -0.504 e. The largest absolute Gasteiger partial charge is 0.504 e. The van der Waals surface area contributed by atoms with Crippen molar-refractivity contribution >= 4 is 0 Å². The van der Waals surface area contributed by atoms with Gasteiger partial charge in [0.15, 0.2) is 11.5 Å². The summed E-state index contributed by atoms with van der Waals surface area (Å²) in [4.78, 5) is 0. The van der Waals surface area contributed by atoms with Crippen LogP contribution in [-0.4, -0.2) is 24.8 Å². The van der Waals surface area contributed by atoms with Crippen LogP contribution < -0.4 is 15.4 Å². The molecule has 1 atom stereocenters. The molecule has 0 aromatic heterocycles. The number of para-hydroxylation sites is 1. The van der Waals surface area contributed by atoms with Crippen molar-refractivity contribution in [3.8, 4) is 11.5 Å². The molecule has 122 valence electrons. The molecule has 0 saturated carbocycles. The zero-order chi connectivity index (χ0) is 16.1. The number of phenolic OH excluding ortho intramolecular Hbond substituents is 1. The highest BCUT2D eigenvalue weighted by Crippen LogP contribution is 2.29. The van der Waals surface area contributed by atoms with Gasteiger partial charge in [0, 0.05) is 24.7 Å². The number of phenols is 1. The van der Waals surface area contributed by atoms with E-state index < -0.39 is 0 Å². The van der Waals surface area contributed by atoms with Crippen molar-refractivity contribution in [2.24, 2.45) is 0 Å². The summed E-state index contributed by atoms with van der Waals surface area (Å²) in [5, 5.41) is 17.2. The molecule has 1 aliphatic heterocycles. The van der Waals surface area contributed by atoms with E-state index in [1.807, 2.05) is 19.1 Å². The molecule has 2 aromatic carbocycles. The molecule has 0 bridgehead atoms. The first kappa shape index (κ1) is 15.8. The average Bonchev–Trinajstić information content (AvgIpc) is 2.58. The van der Waals surface area contributed by atoms with Gasteiger partial charge in [-0.15, -0.1) is 0 Å². The molecule has 4 heteroatoms. The van der Waals surface area contributed by atoms with Crippen molar-refractivity contribution in [1.29, 1.82) is 0 Å². The second kappa shape index (κ2) is 7.49. The van der Waals surface area contributed by atoms with Crippen LogP contribution >= 0.6 is 0 Å². The predicted molar refractivity (Wildman–Crippen MR) is 91.9 cm³/mol. The number of hydrogen-bond donors (Lipinski definition) is 3. The van der Waals surface area contributed by atoms with Crippen LogP contribution in [0, 0.1) is 0 Å². The summed E-state index contributed by atoms with van der Waals surface area (Å²) < 4.78 is 5.43. The summed E-state index contributed by atoms with van der Waals surface area (Å²) >= 11 is 0. The van der Waals surface area contributed by atoms with Gasteiger partial charge in [-0.05, 0) is 37.1 Å². The van der Waals surface area contributed by atoms with Crippen molar-refractivity contribution in [3.63, 3.8) is 0 Å². The molecular formula is C19H24N2O2. The highest BCUT2D eigenvalue weighted by molar-refractivity contribution is 5.45. The Balaban J connectivity index is 1.61. The molecule has 0 saturated heterocycles. The van der Waals surface area contributed by atoms with E-state index in [0.29, 0.717) is 24.9 Å². The van der Waals surface area contributed by atoms with E-state index in [9.17, 15) is 5.11 Å². The van der Waals surface area contributed by atoms with Crippen LogP contribution in [0.1, 0.15) is 29.7 Å². The Morgan fingerprint density at radius 1 is 1.22 bits per heavy atom. The topological polar surface area (TPSA) is 53.5 Å². The first-order chi connectivity index (χ1) is 11.3. The van der Waals surface area contributed by atoms with E-state index in [1.54, 1.807) is 6.07 Å². The molecule has 3 N–H and O–H groups in total. The highest BCUT2D eigenvalue weighted by Gasteiger charge is 2.18. The molecule has 23 heavy (non-hydrogen) atoms. The van der Waals surface area contributed by atoms with Gasteiger partial charge in [-0.2, -0.15) is 0 Å². The fourth-order valence-corrected chi connectivity index (χ4v) is 3.11. The summed E-state index contributed by atoms with van der Waals surface area (Å²) in [7, 11) is 0. The second-order valence-corrected chi connectivity index (χ2v) is 5.78. The summed E-state index contributed by atoms with van der Waals surface area (Å²) in [6.07, 6.45) is 1.09. The first-order valence-corrected chi connectivity index (χ1v) is 8.25. The maximum atomic E-state index is 10.2. The Kier molecular flexibility index (Phi) is 5.16. The molecule has 3 rings (SSSR count). The van der Waals surface area contributed by atoms with Crippen molar-refractivity contribution in [3.05, 3.63) is 59.2 Å². The minimum atomic E-state index is 0.235. The van der Waals surface area contributed by atoms with E-state index in [1.165, 1.54) is 11.1 Å². The quantitative estimate of drug-likeness (QED) is 0.768. The molecule has 0 radical (unpaired) electrons. The SMILES string of the molecule is CCOc1cccc(CNC[C@H]2NCCc3ccccc32)c1O. The third kappa shape index (κ3) is 3.66. The smallest absolute Gasteiger partial charge is 0.162 e. The predicted octanol–water partition coefficient (Wildman–Crippen LogP) is 2.77. The Morgan fingerprint density at radius 2 is 2.09 bits per heavy atom. The first-order valence-electron chi connectivity index (χ1n) is 8.25. The summed E-state index contributed by atoms with van der Waals surface area (Å²) in [6, 6.07) is 14.5. The van der Waals surface area contributed by atoms with Gasteiger partial charge in [-0.1, -0.05) is 36.4 Å². The van der Waals surface area contributed by atoms with Crippen LogP contribution in [0.2, 0.25) is 0 Å². The van der Waals surface area contributed by atoms with E-state index in [4.69, 9.17) is 4.74 Å². The standard InChI is InChI=1S/C19H24N2O2/c1-2-23-18-9-5-7-15(19(18)22)12-20-13-17-16-8-4-3-6-14(16)10-11-21-17/h3-9,17,20-22H,2,10-13H2,1H3/t17-/m1/s1. The monoisotopic (exact) mass is 312 g/mol. The number of ether oxygens (including phenoxy) is 1. The van der Waals surface area contributed by atoms with Gasteiger partial charge in [-0.25, -0.2) is 0 Å². The maximum Gasteiger partial charge on any atom is 0.162 e. The fourth-order valence-electron chi connectivity index (χ4n) is 3.11. The average molecular weight is 312 g/mol. The third-order valence-corrected chi connectivity index (χ3v) is 4.26. The summed E-state index contributed by atoms with van der Waals surface area (Å²) in [6.45, 7) is 4.92. The maximum absolute atomic E-state index is 10.2. The lowest BCUT2D eigenvalue weighted by Gasteiger charge is -2.27. The Morgan fingerprint density at radius 3 is 2.96 bits per heavy atom. The van der Waals surface area contributed by atoms with Crippen molar-refractivity contribution in [1.82, 2.24) is 10.6 Å². The van der Waals surface area contributed by atoms with Gasteiger partial charge in [0.05, 0.1) is 6.61 Å². The van der Waals surface area contributed by atoms with Crippen molar-refractivity contribution < 1.29 is 9.84 Å². The lowest BCUT2D eigenvalue weighted by Crippen LogP contribution is -2.36. The van der Waals surface area contributed by atoms with E-state index in [-0.39, 0.29) is 5.75 Å². The molecule has 1 aliphatic rings. The number of hydrogen-bond acceptors (Lipinski definition) is 4. The van der Waals surface area contributed by atoms with Crippen LogP contribution in [0.15, 0.2) is 42.5 Å². The van der Waals surface area contributed by atoms with E-state index in [0.717, 1.165) is 25.1 Å². The molecule has 1 heterocycles. The number of benzene rings is 2. The third-order valence-electron chi connectivity index (χ3n) is 4.26. The van der Waals surface area contributed by atoms with Crippen LogP contribution in [0.4, 0.5) is 0 Å². The van der Waals surface area contributed by atoms with Crippen LogP contribution in [-0.2, 0) is 13.0 Å². The lowest BCUT2D eigenvalue weighted by atomic mass is 9.94. The van der Waals surface area contributed by atoms with Gasteiger partial charge in [0.1, 0.15) is 0 Å². The summed E-state index contributed by atoms with van der Waals surface area (Å²) in [5.41, 5.74) is 3.66. The number of rotatable bonds is 6. The van der Waals surface area contributed by atoms with Gasteiger partial charge in [-0.3, -0.25) is 0 Å². The minimum absolute atomic E-state index is 0.235. The van der Waals surface area contributed by atoms with E-state index in [2.05, 4.69) is 34.9 Å². The molecular weight excluding hydrogens is 288 g/mol. The van der Waals surface area contributed by atoms with Gasteiger partial charge in [0.25, 0.3) is 0 Å². The zero-order valence-corrected chi connectivity index (χ0v) is 13.5. The Labute approximate surface area is 137 Å². The van der Waals surface area contributed by atoms with Crippen LogP contribution in [0.3, 0.4) is 0 Å². The van der Waals surface area contributed by atoms with E-state index >= 15 is 0 Å². The number of nitrogens with one attached hydrogen (secondary N) is 2. The molecule has 0 unspecified atom stereocenters. The van der Waals surface area contributed by atoms with Crippen LogP contribution in [0.25, 0.3) is 0 Å². The normalized spacial score (nSPS) is 16.8. The Bertz CT molecular complexity index is 658. The molecule has 0 aliphatic carbocycles. The molecule has 2 aromatic rings.